The van der Waals surface area contributed by atoms with Crippen molar-refractivity contribution in [3.05, 3.63) is 53.6 Å². The lowest BCUT2D eigenvalue weighted by atomic mass is 10.1. The molecule has 1 N–H and O–H groups in total. The van der Waals surface area contributed by atoms with E-state index in [2.05, 4.69) is 16.9 Å². The van der Waals surface area contributed by atoms with E-state index in [1.54, 1.807) is 6.07 Å². The maximum atomic E-state index is 12.6. The zero-order chi connectivity index (χ0) is 22.6. The van der Waals surface area contributed by atoms with Crippen molar-refractivity contribution in [2.45, 2.75) is 49.5 Å². The average molecular weight is 459 g/mol. The highest BCUT2D eigenvalue weighted by atomic mass is 32.2. The van der Waals surface area contributed by atoms with Crippen LogP contribution in [-0.4, -0.2) is 46.0 Å². The summed E-state index contributed by atoms with van der Waals surface area (Å²) in [7, 11) is -1.73. The summed E-state index contributed by atoms with van der Waals surface area (Å²) in [6.45, 7) is 1.20. The van der Waals surface area contributed by atoms with Crippen LogP contribution < -0.4 is 14.2 Å². The lowest BCUT2D eigenvalue weighted by molar-refractivity contribution is -0.132. The van der Waals surface area contributed by atoms with E-state index in [9.17, 15) is 13.2 Å². The maximum absolute atomic E-state index is 12.6. The van der Waals surface area contributed by atoms with Gasteiger partial charge in [0.25, 0.3) is 0 Å². The van der Waals surface area contributed by atoms with E-state index in [0.29, 0.717) is 44.1 Å². The summed E-state index contributed by atoms with van der Waals surface area (Å²) in [5.41, 5.74) is 2.60. The van der Waals surface area contributed by atoms with Crippen LogP contribution in [0.4, 0.5) is 0 Å². The molecule has 0 aromatic heterocycles. The van der Waals surface area contributed by atoms with Crippen molar-refractivity contribution in [3.8, 4) is 11.5 Å². The highest BCUT2D eigenvalue weighted by Crippen LogP contribution is 2.35. The summed E-state index contributed by atoms with van der Waals surface area (Å²) in [4.78, 5) is 14.7. The van der Waals surface area contributed by atoms with Gasteiger partial charge in [-0.2, -0.15) is 0 Å². The molecule has 4 rings (SSSR count). The molecular formula is C24H30N2O5S. The van der Waals surface area contributed by atoms with Crippen molar-refractivity contribution in [1.82, 2.24) is 9.62 Å². The fourth-order valence-corrected chi connectivity index (χ4v) is 5.43. The highest BCUT2D eigenvalue weighted by molar-refractivity contribution is 7.89. The van der Waals surface area contributed by atoms with Gasteiger partial charge in [0.2, 0.25) is 15.9 Å². The first kappa shape index (κ1) is 22.6. The van der Waals surface area contributed by atoms with Crippen LogP contribution in [0, 0.1) is 0 Å². The van der Waals surface area contributed by atoms with Crippen LogP contribution >= 0.6 is 0 Å². The molecule has 1 unspecified atom stereocenters. The number of ether oxygens (including phenoxy) is 2. The monoisotopic (exact) mass is 458 g/mol. The third kappa shape index (κ3) is 5.07. The Morgan fingerprint density at radius 3 is 2.69 bits per heavy atom. The molecule has 0 spiro atoms. The standard InChI is InChI=1S/C24H30N2O5S/c1-26(21-12-10-18-7-4-5-8-20(18)21)24(27)9-3-2-6-14-25-32(28,29)19-11-13-22-23(17-19)31-16-15-30-22/h4-5,7-8,11,13,17,21,25H,2-3,6,9-10,12,14-16H2,1H3. The summed E-state index contributed by atoms with van der Waals surface area (Å²) in [6, 6.07) is 13.1. The van der Waals surface area contributed by atoms with E-state index in [4.69, 9.17) is 9.47 Å². The molecule has 0 saturated heterocycles. The Bertz CT molecular complexity index is 1070. The predicted molar refractivity (Wildman–Crippen MR) is 121 cm³/mol. The third-order valence-corrected chi connectivity index (χ3v) is 7.60. The number of aryl methyl sites for hydroxylation is 1. The molecule has 2 aromatic rings. The van der Waals surface area contributed by atoms with Crippen LogP contribution in [-0.2, 0) is 21.2 Å². The third-order valence-electron chi connectivity index (χ3n) is 6.15. The number of fused-ring (bicyclic) bond motifs is 2. The van der Waals surface area contributed by atoms with Crippen LogP contribution in [0.2, 0.25) is 0 Å². The van der Waals surface area contributed by atoms with E-state index < -0.39 is 10.0 Å². The van der Waals surface area contributed by atoms with Crippen molar-refractivity contribution < 1.29 is 22.7 Å². The van der Waals surface area contributed by atoms with E-state index >= 15 is 0 Å². The molecule has 0 saturated carbocycles. The first-order valence-electron chi connectivity index (χ1n) is 11.2. The number of carbonyl (C=O) groups is 1. The summed E-state index contributed by atoms with van der Waals surface area (Å²) >= 11 is 0. The second kappa shape index (κ2) is 9.92. The Morgan fingerprint density at radius 2 is 1.84 bits per heavy atom. The largest absolute Gasteiger partial charge is 0.486 e. The summed E-state index contributed by atoms with van der Waals surface area (Å²) in [5, 5.41) is 0. The van der Waals surface area contributed by atoms with Crippen molar-refractivity contribution in [3.63, 3.8) is 0 Å². The Balaban J connectivity index is 1.18. The fraction of sp³-hybridized carbons (Fsp3) is 0.458. The SMILES string of the molecule is CN(C(=O)CCCCCNS(=O)(=O)c1ccc2c(c1)OCCO2)C1CCc2ccccc21. The van der Waals surface area contributed by atoms with Crippen LogP contribution in [0.25, 0.3) is 0 Å². The number of sulfonamides is 1. The number of unbranched alkanes of at least 4 members (excludes halogenated alkanes) is 2. The van der Waals surface area contributed by atoms with Gasteiger partial charge in [-0.1, -0.05) is 30.7 Å². The molecule has 2 aliphatic rings. The molecule has 1 amide bonds. The summed E-state index contributed by atoms with van der Waals surface area (Å²) < 4.78 is 38.6. The Morgan fingerprint density at radius 1 is 1.06 bits per heavy atom. The minimum atomic E-state index is -3.61. The highest BCUT2D eigenvalue weighted by Gasteiger charge is 2.27. The number of carbonyl (C=O) groups excluding carboxylic acids is 1. The molecule has 1 aliphatic heterocycles. The summed E-state index contributed by atoms with van der Waals surface area (Å²) in [6.07, 6.45) is 4.66. The normalized spacial score (nSPS) is 17.1. The van der Waals surface area contributed by atoms with Crippen molar-refractivity contribution in [2.24, 2.45) is 0 Å². The van der Waals surface area contributed by atoms with E-state index in [-0.39, 0.29) is 16.8 Å². The minimum absolute atomic E-state index is 0.142. The van der Waals surface area contributed by atoms with Gasteiger partial charge in [0.1, 0.15) is 13.2 Å². The zero-order valence-electron chi connectivity index (χ0n) is 18.4. The number of nitrogens with zero attached hydrogens (tertiary/aromatic N) is 1. The number of rotatable bonds is 9. The average Bonchev–Trinajstić information content (AvgIpc) is 3.24. The van der Waals surface area contributed by atoms with E-state index in [0.717, 1.165) is 25.7 Å². The number of benzene rings is 2. The quantitative estimate of drug-likeness (QED) is 0.582. The molecule has 32 heavy (non-hydrogen) atoms. The van der Waals surface area contributed by atoms with Gasteiger partial charge in [0.15, 0.2) is 11.5 Å². The molecule has 7 nitrogen and oxygen atoms in total. The molecule has 1 atom stereocenters. The van der Waals surface area contributed by atoms with Gasteiger partial charge in [-0.3, -0.25) is 4.79 Å². The van der Waals surface area contributed by atoms with Crippen LogP contribution in [0.3, 0.4) is 0 Å². The van der Waals surface area contributed by atoms with Crippen molar-refractivity contribution in [2.75, 3.05) is 26.8 Å². The van der Waals surface area contributed by atoms with Gasteiger partial charge in [-0.15, -0.1) is 0 Å². The molecule has 2 aromatic carbocycles. The molecule has 1 aliphatic carbocycles. The summed E-state index contributed by atoms with van der Waals surface area (Å²) in [5.74, 6) is 1.15. The number of hydrogen-bond acceptors (Lipinski definition) is 5. The lowest BCUT2D eigenvalue weighted by Crippen LogP contribution is -2.30. The number of amides is 1. The second-order valence-corrected chi connectivity index (χ2v) is 10.0. The molecule has 172 valence electrons. The van der Waals surface area contributed by atoms with Crippen molar-refractivity contribution >= 4 is 15.9 Å². The van der Waals surface area contributed by atoms with Gasteiger partial charge < -0.3 is 14.4 Å². The molecule has 0 bridgehead atoms. The van der Waals surface area contributed by atoms with Gasteiger partial charge in [0.05, 0.1) is 10.9 Å². The lowest BCUT2D eigenvalue weighted by Gasteiger charge is -2.25. The van der Waals surface area contributed by atoms with Crippen LogP contribution in [0.5, 0.6) is 11.5 Å². The van der Waals surface area contributed by atoms with E-state index in [1.807, 2.05) is 24.1 Å². The molecule has 8 heteroatoms. The van der Waals surface area contributed by atoms with Crippen molar-refractivity contribution in [1.29, 1.82) is 0 Å². The maximum Gasteiger partial charge on any atom is 0.240 e. The topological polar surface area (TPSA) is 84.9 Å². The predicted octanol–water partition coefficient (Wildman–Crippen LogP) is 3.44. The second-order valence-electron chi connectivity index (χ2n) is 8.27. The smallest absolute Gasteiger partial charge is 0.240 e. The first-order valence-corrected chi connectivity index (χ1v) is 12.7. The molecular weight excluding hydrogens is 428 g/mol. The number of hydrogen-bond donors (Lipinski definition) is 1. The minimum Gasteiger partial charge on any atom is -0.486 e. The van der Waals surface area contributed by atoms with Gasteiger partial charge >= 0.3 is 0 Å². The van der Waals surface area contributed by atoms with Crippen LogP contribution in [0.15, 0.2) is 47.4 Å². The Hall–Kier alpha value is -2.58. The van der Waals surface area contributed by atoms with Gasteiger partial charge in [0, 0.05) is 26.1 Å². The Labute approximate surface area is 189 Å². The zero-order valence-corrected chi connectivity index (χ0v) is 19.2. The molecule has 0 fully saturated rings. The van der Waals surface area contributed by atoms with E-state index in [1.165, 1.54) is 23.3 Å². The first-order chi connectivity index (χ1) is 15.5. The van der Waals surface area contributed by atoms with Gasteiger partial charge in [-0.05, 0) is 48.9 Å². The molecule has 1 heterocycles. The van der Waals surface area contributed by atoms with Crippen LogP contribution in [0.1, 0.15) is 49.3 Å². The number of nitrogens with one attached hydrogen (secondary N) is 1. The Kier molecular flexibility index (Phi) is 7.01. The fourth-order valence-electron chi connectivity index (χ4n) is 4.35. The van der Waals surface area contributed by atoms with Gasteiger partial charge in [-0.25, -0.2) is 13.1 Å². The molecule has 0 radical (unpaired) electrons.